The van der Waals surface area contributed by atoms with Crippen molar-refractivity contribution in [1.82, 2.24) is 0 Å². The minimum absolute atomic E-state index is 0.0209. The van der Waals surface area contributed by atoms with E-state index in [0.717, 1.165) is 70.6 Å². The van der Waals surface area contributed by atoms with Crippen LogP contribution in [0.15, 0.2) is 72.9 Å². The van der Waals surface area contributed by atoms with Crippen molar-refractivity contribution in [3.63, 3.8) is 0 Å². The Balaban J connectivity index is 4.22. The van der Waals surface area contributed by atoms with E-state index >= 15 is 0 Å². The molecule has 2 unspecified atom stereocenters. The molecule has 0 saturated carbocycles. The van der Waals surface area contributed by atoms with Crippen molar-refractivity contribution < 1.29 is 42.1 Å². The summed E-state index contributed by atoms with van der Waals surface area (Å²) in [6.45, 7) is 4.29. The molecule has 0 heterocycles. The molecular weight excluding hydrogens is 894 g/mol. The summed E-state index contributed by atoms with van der Waals surface area (Å²) in [7, 11) is 1.45. The third-order valence-corrected chi connectivity index (χ3v) is 13.2. The van der Waals surface area contributed by atoms with Crippen molar-refractivity contribution in [2.75, 3.05) is 47.5 Å². The lowest BCUT2D eigenvalue weighted by Crippen LogP contribution is -2.37. The average molecular weight is 1000 g/mol. The molecule has 1 N–H and O–H groups in total. The topological polar surface area (TPSA) is 108 Å². The number of phosphoric ester groups is 1. The van der Waals surface area contributed by atoms with Crippen LogP contribution in [-0.4, -0.2) is 74.9 Å². The fourth-order valence-electron chi connectivity index (χ4n) is 7.84. The molecule has 0 aliphatic carbocycles. The molecule has 0 aromatic carbocycles. The number of carbonyl (C=O) groups excluding carboxylic acids is 2. The van der Waals surface area contributed by atoms with Crippen molar-refractivity contribution in [1.29, 1.82) is 0 Å². The molecule has 0 aromatic heterocycles. The molecule has 0 fully saturated rings. The minimum atomic E-state index is -4.40. The van der Waals surface area contributed by atoms with Gasteiger partial charge >= 0.3 is 19.8 Å². The van der Waals surface area contributed by atoms with E-state index in [1.165, 1.54) is 141 Å². The molecule has 9 nitrogen and oxygen atoms in total. The monoisotopic (exact) mass is 1000 g/mol. The van der Waals surface area contributed by atoms with Gasteiger partial charge in [-0.05, 0) is 64.2 Å². The van der Waals surface area contributed by atoms with E-state index in [9.17, 15) is 19.0 Å². The SMILES string of the molecule is CC/C=C\C/C=C\C/C=C\C/C=C\C/C=C\C/C=C\CCCCC(=O)OC(COC(=O)CCCCCCCCCCCCCCCCCCCCCCCCCCC)COP(=O)(O)OCC[N+](C)(C)C. The van der Waals surface area contributed by atoms with Crippen LogP contribution in [0.3, 0.4) is 0 Å². The van der Waals surface area contributed by atoms with Gasteiger partial charge in [0.1, 0.15) is 19.8 Å². The second kappa shape index (κ2) is 51.4. The summed E-state index contributed by atoms with van der Waals surface area (Å²) >= 11 is 0. The highest BCUT2D eigenvalue weighted by Gasteiger charge is 2.27. The fourth-order valence-corrected chi connectivity index (χ4v) is 8.58. The highest BCUT2D eigenvalue weighted by Crippen LogP contribution is 2.43. The number of allylic oxidation sites excluding steroid dienone is 12. The smallest absolute Gasteiger partial charge is 0.462 e. The van der Waals surface area contributed by atoms with Crippen LogP contribution in [0.2, 0.25) is 0 Å². The predicted molar refractivity (Wildman–Crippen MR) is 298 cm³/mol. The molecule has 0 radical (unpaired) electrons. The zero-order valence-corrected chi connectivity index (χ0v) is 46.9. The van der Waals surface area contributed by atoms with Crippen LogP contribution in [0, 0.1) is 0 Å². The fraction of sp³-hybridized carbons (Fsp3) is 0.767. The van der Waals surface area contributed by atoms with Gasteiger partial charge in [0.15, 0.2) is 6.10 Å². The van der Waals surface area contributed by atoms with Gasteiger partial charge in [0.25, 0.3) is 0 Å². The molecule has 2 atom stereocenters. The number of rotatable bonds is 52. The molecule has 0 saturated heterocycles. The van der Waals surface area contributed by atoms with E-state index in [0.29, 0.717) is 17.4 Å². The number of carbonyl (C=O) groups is 2. The van der Waals surface area contributed by atoms with Gasteiger partial charge in [0.05, 0.1) is 27.7 Å². The molecule has 0 aliphatic heterocycles. The number of phosphoric acid groups is 1. The van der Waals surface area contributed by atoms with E-state index in [1.807, 2.05) is 21.1 Å². The highest BCUT2D eigenvalue weighted by molar-refractivity contribution is 7.47. The van der Waals surface area contributed by atoms with Gasteiger partial charge in [-0.3, -0.25) is 18.6 Å². The molecule has 0 spiro atoms. The first-order valence-electron chi connectivity index (χ1n) is 28.7. The molecule has 0 rings (SSSR count). The maximum atomic E-state index is 12.8. The number of hydrogen-bond acceptors (Lipinski definition) is 7. The lowest BCUT2D eigenvalue weighted by Gasteiger charge is -2.24. The minimum Gasteiger partial charge on any atom is -0.462 e. The maximum absolute atomic E-state index is 12.8. The Morgan fingerprint density at radius 3 is 1.21 bits per heavy atom. The quantitative estimate of drug-likeness (QED) is 0.0211. The third kappa shape index (κ3) is 54.8. The molecule has 0 amide bonds. The van der Waals surface area contributed by atoms with Crippen LogP contribution in [0.1, 0.15) is 245 Å². The summed E-state index contributed by atoms with van der Waals surface area (Å²) in [6.07, 6.45) is 66.9. The van der Waals surface area contributed by atoms with Gasteiger partial charge in [0, 0.05) is 12.8 Å². The van der Waals surface area contributed by atoms with Crippen LogP contribution >= 0.6 is 7.82 Å². The van der Waals surface area contributed by atoms with Crippen molar-refractivity contribution in [3.05, 3.63) is 72.9 Å². The van der Waals surface area contributed by atoms with Crippen LogP contribution < -0.4 is 0 Å². The van der Waals surface area contributed by atoms with Crippen LogP contribution in [-0.2, 0) is 32.7 Å². The number of ether oxygens (including phenoxy) is 2. The Morgan fingerprint density at radius 1 is 0.457 bits per heavy atom. The van der Waals surface area contributed by atoms with Gasteiger partial charge < -0.3 is 18.9 Å². The molecular formula is C60H109NO8P+. The molecule has 10 heteroatoms. The number of unbranched alkanes of at least 4 members (excludes halogenated alkanes) is 26. The number of esters is 2. The Hall–Kier alpha value is -2.55. The largest absolute Gasteiger partial charge is 0.472 e. The zero-order chi connectivity index (χ0) is 51.3. The highest BCUT2D eigenvalue weighted by atomic mass is 31.2. The zero-order valence-electron chi connectivity index (χ0n) is 46.0. The van der Waals surface area contributed by atoms with Crippen molar-refractivity contribution in [2.24, 2.45) is 0 Å². The summed E-state index contributed by atoms with van der Waals surface area (Å²) in [4.78, 5) is 35.6. The number of nitrogens with zero attached hydrogens (tertiary/aromatic N) is 1. The summed E-state index contributed by atoms with van der Waals surface area (Å²) < 4.78 is 34.5. The Bertz CT molecular complexity index is 1410. The standard InChI is InChI=1S/C60H108NO8P/c1-6-8-10-12-14-16-18-20-22-24-26-28-29-30-31-33-34-36-38-40-42-44-46-48-50-52-59(62)66-56-58(57-68-70(64,65)67-55-54-61(3,4)5)69-60(63)53-51-49-47-45-43-41-39-37-35-32-27-25-23-21-19-17-15-13-11-9-7-2/h9,11,15,17,21,23,27,32,37,39,43,45,58H,6-8,10,12-14,16,18-20,22,24-26,28-31,33-36,38,40-42,44,46-57H2,1-5H3/p+1/b11-9-,17-15-,23-21-,32-27-,39-37-,45-43-. The summed E-state index contributed by atoms with van der Waals surface area (Å²) in [5.41, 5.74) is 0. The molecule has 0 aromatic rings. The van der Waals surface area contributed by atoms with E-state index in [4.69, 9.17) is 18.5 Å². The third-order valence-electron chi connectivity index (χ3n) is 12.3. The lowest BCUT2D eigenvalue weighted by molar-refractivity contribution is -0.870. The number of likely N-dealkylation sites (N-methyl/N-ethyl adjacent to an activating group) is 1. The van der Waals surface area contributed by atoms with Crippen molar-refractivity contribution in [2.45, 2.75) is 251 Å². The Morgan fingerprint density at radius 2 is 0.814 bits per heavy atom. The first-order valence-corrected chi connectivity index (χ1v) is 30.2. The molecule has 70 heavy (non-hydrogen) atoms. The first-order chi connectivity index (χ1) is 34.0. The summed E-state index contributed by atoms with van der Waals surface area (Å²) in [5.74, 6) is -0.843. The maximum Gasteiger partial charge on any atom is 0.472 e. The summed E-state index contributed by atoms with van der Waals surface area (Å²) in [5, 5.41) is 0. The van der Waals surface area contributed by atoms with Crippen LogP contribution in [0.4, 0.5) is 0 Å². The van der Waals surface area contributed by atoms with Crippen LogP contribution in [0.25, 0.3) is 0 Å². The van der Waals surface area contributed by atoms with E-state index < -0.39 is 26.5 Å². The Kier molecular flexibility index (Phi) is 49.5. The van der Waals surface area contributed by atoms with Crippen molar-refractivity contribution in [3.8, 4) is 0 Å². The van der Waals surface area contributed by atoms with Crippen molar-refractivity contribution >= 4 is 19.8 Å². The van der Waals surface area contributed by atoms with Gasteiger partial charge in [0.2, 0.25) is 0 Å². The second-order valence-electron chi connectivity index (χ2n) is 20.3. The van der Waals surface area contributed by atoms with Gasteiger partial charge in [-0.25, -0.2) is 4.57 Å². The van der Waals surface area contributed by atoms with E-state index in [1.54, 1.807) is 0 Å². The molecule has 0 aliphatic rings. The lowest BCUT2D eigenvalue weighted by atomic mass is 10.0. The van der Waals surface area contributed by atoms with Gasteiger partial charge in [-0.1, -0.05) is 241 Å². The predicted octanol–water partition coefficient (Wildman–Crippen LogP) is 17.7. The van der Waals surface area contributed by atoms with Gasteiger partial charge in [-0.2, -0.15) is 0 Å². The van der Waals surface area contributed by atoms with Gasteiger partial charge in [-0.15, -0.1) is 0 Å². The molecule has 406 valence electrons. The van der Waals surface area contributed by atoms with E-state index in [2.05, 4.69) is 86.8 Å². The molecule has 0 bridgehead atoms. The second-order valence-corrected chi connectivity index (χ2v) is 21.8. The Labute approximate surface area is 431 Å². The summed E-state index contributed by atoms with van der Waals surface area (Å²) in [6, 6.07) is 0. The normalized spacial score (nSPS) is 13.9. The van der Waals surface area contributed by atoms with Crippen LogP contribution in [0.5, 0.6) is 0 Å². The number of hydrogen-bond donors (Lipinski definition) is 1. The average Bonchev–Trinajstić information content (AvgIpc) is 3.32. The van der Waals surface area contributed by atoms with E-state index in [-0.39, 0.29) is 32.0 Å². The first kappa shape index (κ1) is 67.5. The number of quaternary nitrogens is 1.